The highest BCUT2D eigenvalue weighted by Gasteiger charge is 2.19. The van der Waals surface area contributed by atoms with Crippen LogP contribution in [0.4, 0.5) is 0 Å². The van der Waals surface area contributed by atoms with Crippen molar-refractivity contribution in [3.63, 3.8) is 0 Å². The van der Waals surface area contributed by atoms with E-state index in [2.05, 4.69) is 30.8 Å². The molecule has 1 atom stereocenters. The summed E-state index contributed by atoms with van der Waals surface area (Å²) in [5, 5.41) is 2.71. The maximum absolute atomic E-state index is 11.9. The van der Waals surface area contributed by atoms with Crippen LogP contribution >= 0.6 is 0 Å². The minimum Gasteiger partial charge on any atom is -0.381 e. The lowest BCUT2D eigenvalue weighted by molar-refractivity contribution is 0.108. The smallest absolute Gasteiger partial charge is 0.215 e. The van der Waals surface area contributed by atoms with Gasteiger partial charge in [0.2, 0.25) is 10.0 Å². The Bertz CT molecular complexity index is 305. The van der Waals surface area contributed by atoms with Crippen LogP contribution < -0.4 is 10.0 Å². The molecular weight excluding hydrogens is 264 g/mol. The number of sulfonamides is 1. The van der Waals surface area contributed by atoms with Gasteiger partial charge in [0.15, 0.2) is 0 Å². The molecule has 0 amide bonds. The molecule has 5 nitrogen and oxygen atoms in total. The molecule has 0 spiro atoms. The quantitative estimate of drug-likeness (QED) is 0.533. The number of rotatable bonds is 12. The zero-order valence-corrected chi connectivity index (χ0v) is 13.6. The summed E-state index contributed by atoms with van der Waals surface area (Å²) in [4.78, 5) is 0. The van der Waals surface area contributed by atoms with Gasteiger partial charge in [-0.2, -0.15) is 0 Å². The van der Waals surface area contributed by atoms with E-state index >= 15 is 0 Å². The van der Waals surface area contributed by atoms with Gasteiger partial charge in [0, 0.05) is 26.3 Å². The summed E-state index contributed by atoms with van der Waals surface area (Å²) in [5.41, 5.74) is 0. The van der Waals surface area contributed by atoms with Crippen molar-refractivity contribution < 1.29 is 13.2 Å². The van der Waals surface area contributed by atoms with E-state index in [9.17, 15) is 8.42 Å². The van der Waals surface area contributed by atoms with Gasteiger partial charge in [0.25, 0.3) is 0 Å². The average Bonchev–Trinajstić information content (AvgIpc) is 2.33. The van der Waals surface area contributed by atoms with E-state index in [1.165, 1.54) is 0 Å². The van der Waals surface area contributed by atoms with E-state index in [1.807, 2.05) is 0 Å². The summed E-state index contributed by atoms with van der Waals surface area (Å²) >= 11 is 0. The molecule has 0 bridgehead atoms. The van der Waals surface area contributed by atoms with Crippen molar-refractivity contribution in [1.29, 1.82) is 0 Å². The maximum atomic E-state index is 11.9. The first-order valence-corrected chi connectivity index (χ1v) is 8.71. The normalized spacial score (nSPS) is 13.9. The van der Waals surface area contributed by atoms with Gasteiger partial charge in [-0.15, -0.1) is 0 Å². The van der Waals surface area contributed by atoms with Gasteiger partial charge < -0.3 is 10.1 Å². The molecule has 0 heterocycles. The summed E-state index contributed by atoms with van der Waals surface area (Å²) < 4.78 is 31.8. The molecule has 0 radical (unpaired) electrons. The second kappa shape index (κ2) is 10.6. The Balaban J connectivity index is 3.72. The number of nitrogens with one attached hydrogen (secondary N) is 2. The van der Waals surface area contributed by atoms with Gasteiger partial charge in [-0.25, -0.2) is 13.1 Å². The van der Waals surface area contributed by atoms with Gasteiger partial charge in [-0.1, -0.05) is 20.8 Å². The van der Waals surface area contributed by atoms with Crippen molar-refractivity contribution >= 4 is 10.0 Å². The molecule has 0 aliphatic heterocycles. The van der Waals surface area contributed by atoms with Crippen molar-refractivity contribution in [3.05, 3.63) is 0 Å². The third-order valence-electron chi connectivity index (χ3n) is 2.61. The zero-order valence-electron chi connectivity index (χ0n) is 12.7. The largest absolute Gasteiger partial charge is 0.381 e. The van der Waals surface area contributed by atoms with E-state index < -0.39 is 15.3 Å². The highest BCUT2D eigenvalue weighted by Crippen LogP contribution is 1.98. The van der Waals surface area contributed by atoms with Crippen LogP contribution in [0.5, 0.6) is 0 Å². The zero-order chi connectivity index (χ0) is 14.7. The van der Waals surface area contributed by atoms with Crippen LogP contribution in [0.1, 0.15) is 40.5 Å². The van der Waals surface area contributed by atoms with Crippen LogP contribution in [0.3, 0.4) is 0 Å². The molecule has 0 aromatic heterocycles. The van der Waals surface area contributed by atoms with Crippen LogP contribution in [0.2, 0.25) is 0 Å². The van der Waals surface area contributed by atoms with Gasteiger partial charge in [-0.3, -0.25) is 0 Å². The topological polar surface area (TPSA) is 67.4 Å². The minimum atomic E-state index is -3.21. The molecule has 0 saturated heterocycles. The Labute approximate surface area is 118 Å². The molecular formula is C13H30N2O3S. The SMILES string of the molecule is CCCNCC(C)S(=O)(=O)NCCCOCC(C)C. The second-order valence-corrected chi connectivity index (χ2v) is 7.46. The molecule has 0 aliphatic carbocycles. The van der Waals surface area contributed by atoms with E-state index in [4.69, 9.17) is 4.74 Å². The Hall–Kier alpha value is -0.170. The lowest BCUT2D eigenvalue weighted by Crippen LogP contribution is -2.39. The maximum Gasteiger partial charge on any atom is 0.215 e. The summed E-state index contributed by atoms with van der Waals surface area (Å²) in [6.07, 6.45) is 1.72. The van der Waals surface area contributed by atoms with Crippen LogP contribution in [0.15, 0.2) is 0 Å². The van der Waals surface area contributed by atoms with Crippen LogP contribution in [-0.4, -0.2) is 46.5 Å². The van der Waals surface area contributed by atoms with E-state index in [0.29, 0.717) is 32.0 Å². The monoisotopic (exact) mass is 294 g/mol. The fourth-order valence-corrected chi connectivity index (χ4v) is 2.49. The average molecular weight is 294 g/mol. The Morgan fingerprint density at radius 3 is 2.42 bits per heavy atom. The summed E-state index contributed by atoms with van der Waals surface area (Å²) in [5.74, 6) is 0.515. The molecule has 6 heteroatoms. The van der Waals surface area contributed by atoms with E-state index in [-0.39, 0.29) is 0 Å². The molecule has 1 unspecified atom stereocenters. The number of hydrogen-bond donors (Lipinski definition) is 2. The van der Waals surface area contributed by atoms with E-state index in [0.717, 1.165) is 19.6 Å². The molecule has 0 saturated carbocycles. The highest BCUT2D eigenvalue weighted by molar-refractivity contribution is 7.90. The standard InChI is InChI=1S/C13H30N2O3S/c1-5-7-14-10-13(4)19(16,17)15-8-6-9-18-11-12(2)3/h12-15H,5-11H2,1-4H3. The molecule has 2 N–H and O–H groups in total. The fourth-order valence-electron chi connectivity index (χ4n) is 1.44. The number of ether oxygens (including phenoxy) is 1. The van der Waals surface area contributed by atoms with Crippen molar-refractivity contribution in [3.8, 4) is 0 Å². The summed E-state index contributed by atoms with van der Waals surface area (Å²) in [7, 11) is -3.21. The van der Waals surface area contributed by atoms with Gasteiger partial charge in [-0.05, 0) is 32.2 Å². The van der Waals surface area contributed by atoms with Crippen LogP contribution in [0, 0.1) is 5.92 Å². The predicted octanol–water partition coefficient (Wildman–Crippen LogP) is 1.36. The summed E-state index contributed by atoms with van der Waals surface area (Å²) in [6.45, 7) is 11.1. The molecule has 116 valence electrons. The minimum absolute atomic E-state index is 0.407. The molecule has 0 fully saturated rings. The molecule has 0 rings (SSSR count). The van der Waals surface area contributed by atoms with Crippen molar-refractivity contribution in [2.24, 2.45) is 5.92 Å². The summed E-state index contributed by atoms with van der Waals surface area (Å²) in [6, 6.07) is 0. The Morgan fingerprint density at radius 2 is 1.84 bits per heavy atom. The first-order chi connectivity index (χ1) is 8.90. The number of hydrogen-bond acceptors (Lipinski definition) is 4. The predicted molar refractivity (Wildman–Crippen MR) is 79.8 cm³/mol. The Morgan fingerprint density at radius 1 is 1.16 bits per heavy atom. The molecule has 19 heavy (non-hydrogen) atoms. The molecule has 0 aliphatic rings. The second-order valence-electron chi connectivity index (χ2n) is 5.28. The van der Waals surface area contributed by atoms with Crippen molar-refractivity contribution in [2.75, 3.05) is 32.8 Å². The van der Waals surface area contributed by atoms with Gasteiger partial charge in [0.1, 0.15) is 0 Å². The van der Waals surface area contributed by atoms with E-state index in [1.54, 1.807) is 6.92 Å². The third kappa shape index (κ3) is 10.3. The highest BCUT2D eigenvalue weighted by atomic mass is 32.2. The van der Waals surface area contributed by atoms with Gasteiger partial charge >= 0.3 is 0 Å². The van der Waals surface area contributed by atoms with Crippen LogP contribution in [-0.2, 0) is 14.8 Å². The molecule has 0 aromatic rings. The van der Waals surface area contributed by atoms with Crippen molar-refractivity contribution in [2.45, 2.75) is 45.8 Å². The molecule has 0 aromatic carbocycles. The van der Waals surface area contributed by atoms with Gasteiger partial charge in [0.05, 0.1) is 5.25 Å². The Kier molecular flexibility index (Phi) is 10.5. The lowest BCUT2D eigenvalue weighted by Gasteiger charge is -2.14. The van der Waals surface area contributed by atoms with Crippen molar-refractivity contribution in [1.82, 2.24) is 10.0 Å². The first-order valence-electron chi connectivity index (χ1n) is 7.17. The lowest BCUT2D eigenvalue weighted by atomic mass is 10.2. The fraction of sp³-hybridized carbons (Fsp3) is 1.00. The first kappa shape index (κ1) is 18.8. The van der Waals surface area contributed by atoms with Crippen LogP contribution in [0.25, 0.3) is 0 Å². The third-order valence-corrected chi connectivity index (χ3v) is 4.44.